The molecule has 1 aromatic carbocycles. The summed E-state index contributed by atoms with van der Waals surface area (Å²) in [6.07, 6.45) is 6.56. The van der Waals surface area contributed by atoms with Gasteiger partial charge in [0.05, 0.1) is 0 Å². The van der Waals surface area contributed by atoms with Crippen LogP contribution in [0.15, 0.2) is 18.2 Å². The first-order valence-electron chi connectivity index (χ1n) is 12.3. The number of amides is 2. The van der Waals surface area contributed by atoms with Crippen LogP contribution in [-0.4, -0.2) is 61.3 Å². The molecule has 1 saturated heterocycles. The van der Waals surface area contributed by atoms with Crippen molar-refractivity contribution in [3.05, 3.63) is 35.0 Å². The number of fused-ring (bicyclic) bond motifs is 3. The van der Waals surface area contributed by atoms with E-state index in [2.05, 4.69) is 29.1 Å². The van der Waals surface area contributed by atoms with E-state index in [-0.39, 0.29) is 24.8 Å². The Hall–Kier alpha value is -2.41. The Balaban J connectivity index is 1.46. The smallest absolute Gasteiger partial charge is 0.253 e. The molecule has 2 heterocycles. The monoisotopic (exact) mass is 457 g/mol. The van der Waals surface area contributed by atoms with Crippen molar-refractivity contribution in [2.45, 2.75) is 44.9 Å². The van der Waals surface area contributed by atoms with Crippen LogP contribution >= 0.6 is 0 Å². The maximum absolute atomic E-state index is 13.1. The van der Waals surface area contributed by atoms with Gasteiger partial charge in [-0.1, -0.05) is 0 Å². The molecule has 0 saturated carbocycles. The van der Waals surface area contributed by atoms with Gasteiger partial charge in [0.1, 0.15) is 6.67 Å². The van der Waals surface area contributed by atoms with Gasteiger partial charge in [-0.15, -0.1) is 0 Å². The molecule has 6 nitrogen and oxygen atoms in total. The summed E-state index contributed by atoms with van der Waals surface area (Å²) in [7, 11) is 3.91. The van der Waals surface area contributed by atoms with Gasteiger partial charge in [-0.2, -0.15) is 0 Å². The van der Waals surface area contributed by atoms with Crippen molar-refractivity contribution in [3.63, 3.8) is 0 Å². The second-order valence-electron chi connectivity index (χ2n) is 9.54. The zero-order valence-electron chi connectivity index (χ0n) is 19.9. The molecule has 4 rings (SSSR count). The molecule has 2 aromatic rings. The van der Waals surface area contributed by atoms with Gasteiger partial charge in [-0.3, -0.25) is 9.59 Å². The highest BCUT2D eigenvalue weighted by molar-refractivity contribution is 5.99. The lowest BCUT2D eigenvalue weighted by atomic mass is 9.75. The van der Waals surface area contributed by atoms with E-state index in [1.165, 1.54) is 28.6 Å². The van der Waals surface area contributed by atoms with Crippen molar-refractivity contribution < 1.29 is 18.7 Å². The van der Waals surface area contributed by atoms with Crippen molar-refractivity contribution in [1.29, 1.82) is 0 Å². The van der Waals surface area contributed by atoms with Crippen LogP contribution in [0.5, 0.6) is 0 Å². The third kappa shape index (κ3) is 5.24. The van der Waals surface area contributed by atoms with Crippen molar-refractivity contribution in [1.82, 2.24) is 14.8 Å². The maximum atomic E-state index is 13.1. The maximum Gasteiger partial charge on any atom is 0.253 e. The molecule has 1 fully saturated rings. The Morgan fingerprint density at radius 2 is 2.00 bits per heavy atom. The summed E-state index contributed by atoms with van der Waals surface area (Å²) in [5.41, 5.74) is 4.70. The van der Waals surface area contributed by atoms with Crippen LogP contribution in [0.3, 0.4) is 0 Å². The first-order chi connectivity index (χ1) is 16.0. The summed E-state index contributed by atoms with van der Waals surface area (Å²) in [4.78, 5) is 26.4. The zero-order valence-corrected chi connectivity index (χ0v) is 19.9. The number of nitrogens with zero attached hydrogens (tertiary/aromatic N) is 2. The number of halogens is 1. The largest absolute Gasteiger partial charge is 0.381 e. The predicted molar refractivity (Wildman–Crippen MR) is 127 cm³/mol. The molecule has 0 radical (unpaired) electrons. The highest BCUT2D eigenvalue weighted by Crippen LogP contribution is 2.39. The molecule has 0 spiro atoms. The van der Waals surface area contributed by atoms with Crippen LogP contribution < -0.4 is 5.32 Å². The minimum atomic E-state index is -0.564. The molecule has 0 bridgehead atoms. The molecular weight excluding hydrogens is 421 g/mol. The molecule has 1 atom stereocenters. The highest BCUT2D eigenvalue weighted by Gasteiger charge is 2.31. The quantitative estimate of drug-likeness (QED) is 0.658. The number of aryl methyl sites for hydroxylation is 1. The average molecular weight is 458 g/mol. The van der Waals surface area contributed by atoms with E-state index in [1.54, 1.807) is 11.9 Å². The minimum Gasteiger partial charge on any atom is -0.381 e. The molecular formula is C26H36FN3O3. The van der Waals surface area contributed by atoms with Crippen molar-refractivity contribution in [2.75, 3.05) is 40.0 Å². The van der Waals surface area contributed by atoms with Crippen LogP contribution in [0, 0.1) is 11.8 Å². The van der Waals surface area contributed by atoms with E-state index in [4.69, 9.17) is 4.74 Å². The summed E-state index contributed by atoms with van der Waals surface area (Å²) in [5.74, 6) is 1.22. The van der Waals surface area contributed by atoms with E-state index < -0.39 is 6.67 Å². The van der Waals surface area contributed by atoms with Gasteiger partial charge < -0.3 is 19.5 Å². The Kier molecular flexibility index (Phi) is 7.68. The molecule has 1 aliphatic heterocycles. The van der Waals surface area contributed by atoms with Crippen molar-refractivity contribution >= 4 is 22.7 Å². The van der Waals surface area contributed by atoms with Crippen LogP contribution in [0.25, 0.3) is 10.9 Å². The third-order valence-electron chi connectivity index (χ3n) is 7.49. The predicted octanol–water partition coefficient (Wildman–Crippen LogP) is 3.65. The SMILES string of the molecule is CN(CCCC(=O)NCCF)C(=O)c1ccc2c(c1)c1c(n2C)CC[C@@H](C2CCOCC2)C1. The topological polar surface area (TPSA) is 63.6 Å². The molecule has 2 aliphatic rings. The molecule has 1 aromatic heterocycles. The van der Waals surface area contributed by atoms with E-state index in [1.807, 2.05) is 6.07 Å². The number of hydrogen-bond donors (Lipinski definition) is 1. The van der Waals surface area contributed by atoms with E-state index >= 15 is 0 Å². The van der Waals surface area contributed by atoms with Crippen LogP contribution in [0.4, 0.5) is 4.39 Å². The summed E-state index contributed by atoms with van der Waals surface area (Å²) >= 11 is 0. The molecule has 180 valence electrons. The van der Waals surface area contributed by atoms with E-state index in [0.29, 0.717) is 24.4 Å². The van der Waals surface area contributed by atoms with Crippen molar-refractivity contribution in [3.8, 4) is 0 Å². The number of aromatic nitrogens is 1. The van der Waals surface area contributed by atoms with Gasteiger partial charge >= 0.3 is 0 Å². The summed E-state index contributed by atoms with van der Waals surface area (Å²) < 4.78 is 20.0. The van der Waals surface area contributed by atoms with Crippen LogP contribution in [0.1, 0.15) is 53.7 Å². The Bertz CT molecular complexity index is 996. The van der Waals surface area contributed by atoms with Gasteiger partial charge in [0.2, 0.25) is 5.91 Å². The summed E-state index contributed by atoms with van der Waals surface area (Å²) in [5, 5.41) is 3.72. The molecule has 2 amide bonds. The average Bonchev–Trinajstić information content (AvgIpc) is 3.13. The van der Waals surface area contributed by atoms with E-state index in [9.17, 15) is 14.0 Å². The number of rotatable bonds is 8. The first kappa shape index (κ1) is 23.7. The third-order valence-corrected chi connectivity index (χ3v) is 7.49. The second-order valence-corrected chi connectivity index (χ2v) is 9.54. The normalized spacial score (nSPS) is 18.8. The molecule has 0 unspecified atom stereocenters. The fourth-order valence-electron chi connectivity index (χ4n) is 5.60. The number of benzene rings is 1. The van der Waals surface area contributed by atoms with Gasteiger partial charge in [0.25, 0.3) is 5.91 Å². The number of hydrogen-bond acceptors (Lipinski definition) is 3. The zero-order chi connectivity index (χ0) is 23.4. The van der Waals surface area contributed by atoms with Gasteiger partial charge in [0, 0.05) is 69.0 Å². The molecule has 7 heteroatoms. The van der Waals surface area contributed by atoms with Gasteiger partial charge in [0.15, 0.2) is 0 Å². The van der Waals surface area contributed by atoms with Crippen molar-refractivity contribution in [2.24, 2.45) is 18.9 Å². The standard InChI is InChI=1S/C26H36FN3O3/c1-29(13-3-4-25(31)28-12-11-27)26(32)20-6-8-24-22(17-20)21-16-19(5-7-23(21)30(24)2)18-9-14-33-15-10-18/h6,8,17-19H,3-5,7,9-16H2,1-2H3,(H,28,31)/t19-/m1/s1. The van der Waals surface area contributed by atoms with Crippen LogP contribution in [0.2, 0.25) is 0 Å². The first-order valence-corrected chi connectivity index (χ1v) is 12.3. The Morgan fingerprint density at radius 1 is 1.21 bits per heavy atom. The summed E-state index contributed by atoms with van der Waals surface area (Å²) in [6, 6.07) is 6.05. The Morgan fingerprint density at radius 3 is 2.76 bits per heavy atom. The number of ether oxygens (including phenoxy) is 1. The Labute approximate surface area is 195 Å². The molecule has 1 aliphatic carbocycles. The number of carbonyl (C=O) groups is 2. The number of carbonyl (C=O) groups excluding carboxylic acids is 2. The number of nitrogens with one attached hydrogen (secondary N) is 1. The van der Waals surface area contributed by atoms with E-state index in [0.717, 1.165) is 44.8 Å². The highest BCUT2D eigenvalue weighted by atomic mass is 19.1. The lowest BCUT2D eigenvalue weighted by Gasteiger charge is -2.33. The fourth-order valence-corrected chi connectivity index (χ4v) is 5.60. The van der Waals surface area contributed by atoms with Gasteiger partial charge in [-0.05, 0) is 74.1 Å². The minimum absolute atomic E-state index is 0.0320. The number of alkyl halides is 1. The fraction of sp³-hybridized carbons (Fsp3) is 0.615. The summed E-state index contributed by atoms with van der Waals surface area (Å²) in [6.45, 7) is 1.73. The second kappa shape index (κ2) is 10.7. The lowest BCUT2D eigenvalue weighted by Crippen LogP contribution is -2.30. The molecule has 1 N–H and O–H groups in total. The van der Waals surface area contributed by atoms with Crippen LogP contribution in [-0.2, 0) is 29.4 Å². The van der Waals surface area contributed by atoms with Gasteiger partial charge in [-0.25, -0.2) is 4.39 Å². The molecule has 33 heavy (non-hydrogen) atoms. The lowest BCUT2D eigenvalue weighted by molar-refractivity contribution is -0.121.